The topological polar surface area (TPSA) is 100 Å². The van der Waals surface area contributed by atoms with Gasteiger partial charge in [-0.3, -0.25) is 4.98 Å². The summed E-state index contributed by atoms with van der Waals surface area (Å²) in [6.45, 7) is 0. The molecular formula is C21H23N5O2. The molecule has 0 amide bonds. The average Bonchev–Trinajstić information content (AvgIpc) is 2.74. The highest BCUT2D eigenvalue weighted by Gasteiger charge is 2.20. The summed E-state index contributed by atoms with van der Waals surface area (Å²) >= 11 is 0. The van der Waals surface area contributed by atoms with Gasteiger partial charge in [0.15, 0.2) is 0 Å². The normalized spacial score (nSPS) is 19.5. The fraction of sp³-hybridized carbons (Fsp3) is 0.333. The molecule has 4 rings (SSSR count). The van der Waals surface area contributed by atoms with Crippen LogP contribution in [0.25, 0.3) is 22.0 Å². The first-order valence-electron chi connectivity index (χ1n) is 9.51. The molecule has 1 aromatic carbocycles. The van der Waals surface area contributed by atoms with Crippen molar-refractivity contribution in [3.63, 3.8) is 0 Å². The second kappa shape index (κ2) is 7.90. The highest BCUT2D eigenvalue weighted by molar-refractivity contribution is 5.93. The molecule has 7 nitrogen and oxygen atoms in total. The Morgan fingerprint density at radius 3 is 2.57 bits per heavy atom. The van der Waals surface area contributed by atoms with E-state index in [0.717, 1.165) is 53.5 Å². The van der Waals surface area contributed by atoms with Gasteiger partial charge in [-0.2, -0.15) is 0 Å². The largest absolute Gasteiger partial charge is 0.478 e. The molecule has 3 N–H and O–H groups in total. The number of anilines is 1. The number of benzene rings is 1. The summed E-state index contributed by atoms with van der Waals surface area (Å²) in [5.41, 5.74) is 2.67. The van der Waals surface area contributed by atoms with E-state index in [-0.39, 0.29) is 5.56 Å². The molecule has 0 aliphatic heterocycles. The maximum absolute atomic E-state index is 11.2. The predicted octanol–water partition coefficient (Wildman–Crippen LogP) is 3.33. The molecule has 0 bridgehead atoms. The Morgan fingerprint density at radius 1 is 1.04 bits per heavy atom. The van der Waals surface area contributed by atoms with Crippen molar-refractivity contribution in [1.29, 1.82) is 0 Å². The molecule has 0 saturated heterocycles. The van der Waals surface area contributed by atoms with E-state index in [9.17, 15) is 9.90 Å². The number of aromatic nitrogens is 3. The van der Waals surface area contributed by atoms with E-state index >= 15 is 0 Å². The van der Waals surface area contributed by atoms with Crippen molar-refractivity contribution in [3.8, 4) is 11.1 Å². The van der Waals surface area contributed by atoms with Crippen LogP contribution in [0.3, 0.4) is 0 Å². The Morgan fingerprint density at radius 2 is 1.82 bits per heavy atom. The number of nitrogens with zero attached hydrogens (tertiary/aromatic N) is 3. The Kier molecular flexibility index (Phi) is 5.16. The molecule has 2 heterocycles. The zero-order valence-corrected chi connectivity index (χ0v) is 15.7. The number of hydrogen-bond acceptors (Lipinski definition) is 6. The van der Waals surface area contributed by atoms with Crippen LogP contribution in [0.15, 0.2) is 43.0 Å². The third-order valence-electron chi connectivity index (χ3n) is 5.43. The van der Waals surface area contributed by atoms with Crippen molar-refractivity contribution in [2.75, 3.05) is 12.4 Å². The second-order valence-electron chi connectivity index (χ2n) is 7.20. The first-order chi connectivity index (χ1) is 13.6. The van der Waals surface area contributed by atoms with Crippen LogP contribution in [0.2, 0.25) is 0 Å². The molecule has 0 unspecified atom stereocenters. The third-order valence-corrected chi connectivity index (χ3v) is 5.43. The number of carbonyl (C=O) groups is 1. The highest BCUT2D eigenvalue weighted by atomic mass is 16.4. The molecule has 0 radical (unpaired) electrons. The van der Waals surface area contributed by atoms with E-state index in [1.807, 2.05) is 25.2 Å². The molecule has 1 aliphatic rings. The van der Waals surface area contributed by atoms with Gasteiger partial charge in [0, 0.05) is 35.4 Å². The Balaban J connectivity index is 1.64. The van der Waals surface area contributed by atoms with Crippen molar-refractivity contribution in [2.24, 2.45) is 0 Å². The maximum Gasteiger partial charge on any atom is 0.337 e. The monoisotopic (exact) mass is 377 g/mol. The van der Waals surface area contributed by atoms with Crippen LogP contribution in [-0.2, 0) is 0 Å². The lowest BCUT2D eigenvalue weighted by atomic mass is 9.91. The summed E-state index contributed by atoms with van der Waals surface area (Å²) in [6, 6.07) is 8.48. The van der Waals surface area contributed by atoms with Crippen molar-refractivity contribution in [2.45, 2.75) is 37.8 Å². The average molecular weight is 377 g/mol. The van der Waals surface area contributed by atoms with E-state index in [1.165, 1.54) is 6.20 Å². The van der Waals surface area contributed by atoms with Crippen molar-refractivity contribution >= 4 is 22.7 Å². The number of hydrogen-bond donors (Lipinski definition) is 3. The smallest absolute Gasteiger partial charge is 0.337 e. The summed E-state index contributed by atoms with van der Waals surface area (Å²) in [5, 5.41) is 17.1. The lowest BCUT2D eigenvalue weighted by Gasteiger charge is -2.29. The summed E-state index contributed by atoms with van der Waals surface area (Å²) in [5.74, 6) is -0.167. The minimum Gasteiger partial charge on any atom is -0.478 e. The summed E-state index contributed by atoms with van der Waals surface area (Å²) < 4.78 is 0. The van der Waals surface area contributed by atoms with Gasteiger partial charge in [-0.15, -0.1) is 0 Å². The highest BCUT2D eigenvalue weighted by Crippen LogP contribution is 2.29. The first kappa shape index (κ1) is 18.3. The Bertz CT molecular complexity index is 999. The van der Waals surface area contributed by atoms with E-state index in [4.69, 9.17) is 0 Å². The third kappa shape index (κ3) is 3.80. The summed E-state index contributed by atoms with van der Waals surface area (Å²) in [4.78, 5) is 24.1. The van der Waals surface area contributed by atoms with Gasteiger partial charge in [0.2, 0.25) is 0 Å². The number of aromatic carboxylic acids is 1. The lowest BCUT2D eigenvalue weighted by molar-refractivity contribution is 0.0696. The summed E-state index contributed by atoms with van der Waals surface area (Å²) in [6.07, 6.45) is 9.10. The van der Waals surface area contributed by atoms with E-state index in [2.05, 4.69) is 25.6 Å². The molecule has 1 fully saturated rings. The minimum atomic E-state index is -0.988. The lowest BCUT2D eigenvalue weighted by Crippen LogP contribution is -2.35. The molecule has 28 heavy (non-hydrogen) atoms. The second-order valence-corrected chi connectivity index (χ2v) is 7.20. The quantitative estimate of drug-likeness (QED) is 0.627. The van der Waals surface area contributed by atoms with Crippen LogP contribution in [0.1, 0.15) is 36.0 Å². The molecule has 0 spiro atoms. The van der Waals surface area contributed by atoms with Crippen molar-refractivity contribution in [3.05, 3.63) is 48.5 Å². The van der Waals surface area contributed by atoms with Crippen LogP contribution in [-0.4, -0.2) is 45.2 Å². The van der Waals surface area contributed by atoms with Gasteiger partial charge in [-0.25, -0.2) is 14.8 Å². The Labute approximate surface area is 163 Å². The maximum atomic E-state index is 11.2. The van der Waals surface area contributed by atoms with Crippen LogP contribution in [0.4, 0.5) is 5.82 Å². The molecular weight excluding hydrogens is 354 g/mol. The van der Waals surface area contributed by atoms with E-state index in [0.29, 0.717) is 12.1 Å². The van der Waals surface area contributed by atoms with Crippen molar-refractivity contribution in [1.82, 2.24) is 20.3 Å². The molecule has 1 aliphatic carbocycles. The number of carboxylic acids is 1. The SMILES string of the molecule is CNC1CCC(Nc2ncnc3ccc(-c4cncc(C(=O)O)c4)cc23)CC1. The number of fused-ring (bicyclic) bond motifs is 1. The van der Waals surface area contributed by atoms with Gasteiger partial charge in [0.05, 0.1) is 11.1 Å². The van der Waals surface area contributed by atoms with Crippen molar-refractivity contribution < 1.29 is 9.90 Å². The van der Waals surface area contributed by atoms with Gasteiger partial charge in [-0.1, -0.05) is 6.07 Å². The number of rotatable bonds is 5. The van der Waals surface area contributed by atoms with Crippen LogP contribution in [0.5, 0.6) is 0 Å². The molecule has 144 valence electrons. The van der Waals surface area contributed by atoms with Gasteiger partial charge < -0.3 is 15.7 Å². The van der Waals surface area contributed by atoms with Gasteiger partial charge in [0.1, 0.15) is 12.1 Å². The number of pyridine rings is 1. The van der Waals surface area contributed by atoms with Gasteiger partial charge >= 0.3 is 5.97 Å². The standard InChI is InChI=1S/C21H23N5O2/c1-22-16-3-5-17(6-4-16)26-20-18-9-13(2-7-19(18)24-12-25-20)14-8-15(21(27)28)11-23-10-14/h2,7-12,16-17,22H,3-6H2,1H3,(H,27,28)(H,24,25,26). The van der Waals surface area contributed by atoms with Crippen LogP contribution in [0, 0.1) is 0 Å². The minimum absolute atomic E-state index is 0.168. The molecule has 3 aromatic rings. The number of carboxylic acid groups (broad SMARTS) is 1. The van der Waals surface area contributed by atoms with Gasteiger partial charge in [0.25, 0.3) is 0 Å². The van der Waals surface area contributed by atoms with E-state index in [1.54, 1.807) is 18.6 Å². The molecule has 1 saturated carbocycles. The zero-order chi connectivity index (χ0) is 19.5. The van der Waals surface area contributed by atoms with Crippen LogP contribution < -0.4 is 10.6 Å². The number of nitrogens with one attached hydrogen (secondary N) is 2. The predicted molar refractivity (Wildman–Crippen MR) is 108 cm³/mol. The van der Waals surface area contributed by atoms with Gasteiger partial charge in [-0.05, 0) is 56.5 Å². The Hall–Kier alpha value is -3.06. The molecule has 7 heteroatoms. The molecule has 2 aromatic heterocycles. The van der Waals surface area contributed by atoms with E-state index < -0.39 is 5.97 Å². The zero-order valence-electron chi connectivity index (χ0n) is 15.7. The first-order valence-corrected chi connectivity index (χ1v) is 9.51. The fourth-order valence-electron chi connectivity index (χ4n) is 3.79. The summed E-state index contributed by atoms with van der Waals surface area (Å²) in [7, 11) is 2.02. The van der Waals surface area contributed by atoms with Crippen LogP contribution >= 0.6 is 0 Å². The molecule has 0 atom stereocenters. The fourth-order valence-corrected chi connectivity index (χ4v) is 3.79.